The van der Waals surface area contributed by atoms with E-state index in [-0.39, 0.29) is 17.0 Å². The Labute approximate surface area is 183 Å². The highest BCUT2D eigenvalue weighted by atomic mass is 35.5. The highest BCUT2D eigenvalue weighted by Crippen LogP contribution is 2.80. The third-order valence-corrected chi connectivity index (χ3v) is 20.0. The molecule has 0 spiro atoms. The second-order valence-corrected chi connectivity index (χ2v) is 18.9. The summed E-state index contributed by atoms with van der Waals surface area (Å²) in [4.78, 5) is 0. The van der Waals surface area contributed by atoms with Gasteiger partial charge in [-0.15, -0.1) is 11.6 Å². The van der Waals surface area contributed by atoms with Crippen LogP contribution >= 0.6 is 25.9 Å². The van der Waals surface area contributed by atoms with Crippen LogP contribution in [0.4, 0.5) is 0 Å². The molecule has 0 radical (unpaired) electrons. The summed E-state index contributed by atoms with van der Waals surface area (Å²) < 4.78 is 29.6. The van der Waals surface area contributed by atoms with Crippen LogP contribution in [0.15, 0.2) is 0 Å². The van der Waals surface area contributed by atoms with Gasteiger partial charge in [0, 0.05) is 40.3 Å². The first-order valence-electron chi connectivity index (χ1n) is 12.7. The van der Waals surface area contributed by atoms with E-state index in [1.807, 2.05) is 0 Å². The van der Waals surface area contributed by atoms with Crippen molar-refractivity contribution in [1.82, 2.24) is 0 Å². The lowest BCUT2D eigenvalue weighted by atomic mass is 9.71. The topological polar surface area (TPSA) is 34.1 Å². The summed E-state index contributed by atoms with van der Waals surface area (Å²) in [5.41, 5.74) is 1.46. The minimum Gasteiger partial charge on any atom is -0.323 e. The maximum absolute atomic E-state index is 14.8. The van der Waals surface area contributed by atoms with Crippen LogP contribution in [0.3, 0.4) is 0 Å². The molecule has 3 aliphatic carbocycles. The number of hydrogen-bond donors (Lipinski definition) is 0. The SMILES string of the molecule is CC1CP(=O)(C2CCCCC2)[C@H]2[C@H]3CC(C)[C@@H]([C@H]2C1Cl)P(=O)(C1CCCCC1)C3. The van der Waals surface area contributed by atoms with Gasteiger partial charge in [0.2, 0.25) is 0 Å². The van der Waals surface area contributed by atoms with Crippen LogP contribution < -0.4 is 0 Å². The van der Waals surface area contributed by atoms with Crippen molar-refractivity contribution >= 4 is 25.9 Å². The number of halogens is 1. The van der Waals surface area contributed by atoms with Gasteiger partial charge in [0.1, 0.15) is 0 Å². The van der Waals surface area contributed by atoms with E-state index >= 15 is 0 Å². The first-order valence-corrected chi connectivity index (χ1v) is 17.2. The van der Waals surface area contributed by atoms with Gasteiger partial charge in [-0.2, -0.15) is 0 Å². The summed E-state index contributed by atoms with van der Waals surface area (Å²) in [7, 11) is -4.55. The number of alkyl halides is 1. The molecule has 0 amide bonds. The quantitative estimate of drug-likeness (QED) is 0.314. The molecule has 0 aromatic heterocycles. The zero-order chi connectivity index (χ0) is 20.4. The molecule has 0 N–H and O–H groups in total. The Balaban J connectivity index is 1.54. The number of fused-ring (bicyclic) bond motifs is 2. The van der Waals surface area contributed by atoms with Crippen LogP contribution in [-0.2, 0) is 9.13 Å². The zero-order valence-electron chi connectivity index (χ0n) is 18.5. The summed E-state index contributed by atoms with van der Waals surface area (Å²) in [5, 5.41) is 0.0816. The third-order valence-electron chi connectivity index (χ3n) is 9.93. The van der Waals surface area contributed by atoms with E-state index in [0.29, 0.717) is 34.7 Å². The van der Waals surface area contributed by atoms with E-state index in [9.17, 15) is 9.13 Å². The van der Waals surface area contributed by atoms with Crippen LogP contribution in [0.25, 0.3) is 0 Å². The highest BCUT2D eigenvalue weighted by Gasteiger charge is 2.67. The second kappa shape index (κ2) is 7.96. The van der Waals surface area contributed by atoms with Gasteiger partial charge >= 0.3 is 0 Å². The van der Waals surface area contributed by atoms with Crippen LogP contribution in [0.2, 0.25) is 0 Å². The Morgan fingerprint density at radius 3 is 1.76 bits per heavy atom. The minimum atomic E-state index is -2.28. The molecule has 9 atom stereocenters. The Hall–Kier alpha value is 0.750. The predicted molar refractivity (Wildman–Crippen MR) is 126 cm³/mol. The summed E-state index contributed by atoms with van der Waals surface area (Å²) in [6.45, 7) is 4.61. The third kappa shape index (κ3) is 3.32. The van der Waals surface area contributed by atoms with Crippen molar-refractivity contribution in [3.8, 4) is 0 Å². The summed E-state index contributed by atoms with van der Waals surface area (Å²) >= 11 is 7.19. The van der Waals surface area contributed by atoms with E-state index in [1.54, 1.807) is 0 Å². The lowest BCUT2D eigenvalue weighted by Crippen LogP contribution is -2.61. The lowest BCUT2D eigenvalue weighted by molar-refractivity contribution is 0.171. The van der Waals surface area contributed by atoms with E-state index < -0.39 is 14.3 Å². The first-order chi connectivity index (χ1) is 13.9. The van der Waals surface area contributed by atoms with Gasteiger partial charge in [0.25, 0.3) is 0 Å². The molecular weight excluding hydrogens is 418 g/mol. The molecule has 0 aromatic rings. The average Bonchev–Trinajstić information content (AvgIpc) is 2.72. The molecule has 5 unspecified atom stereocenters. The van der Waals surface area contributed by atoms with E-state index in [4.69, 9.17) is 11.6 Å². The molecule has 5 heteroatoms. The van der Waals surface area contributed by atoms with Gasteiger partial charge in [-0.1, -0.05) is 52.4 Å². The number of rotatable bonds is 2. The lowest BCUT2D eigenvalue weighted by Gasteiger charge is -2.63. The Bertz CT molecular complexity index is 710. The second-order valence-electron chi connectivity index (χ2n) is 11.6. The van der Waals surface area contributed by atoms with Crippen LogP contribution in [0.5, 0.6) is 0 Å². The fourth-order valence-corrected chi connectivity index (χ4v) is 20.6. The van der Waals surface area contributed by atoms with Crippen LogP contribution in [-0.4, -0.2) is 40.3 Å². The normalized spacial score (nSPS) is 54.2. The van der Waals surface area contributed by atoms with Crippen molar-refractivity contribution in [2.24, 2.45) is 23.7 Å². The molecule has 6 aliphatic rings. The monoisotopic (exact) mass is 458 g/mol. The Kier molecular flexibility index (Phi) is 5.92. The van der Waals surface area contributed by atoms with E-state index in [0.717, 1.165) is 18.7 Å². The minimum absolute atomic E-state index is 0.0816. The molecule has 3 saturated carbocycles. The summed E-state index contributed by atoms with van der Waals surface area (Å²) in [6, 6.07) is 0. The van der Waals surface area contributed by atoms with Crippen molar-refractivity contribution in [2.45, 2.75) is 112 Å². The molecule has 0 aromatic carbocycles. The highest BCUT2D eigenvalue weighted by molar-refractivity contribution is 7.67. The van der Waals surface area contributed by atoms with Gasteiger partial charge in [-0.05, 0) is 55.8 Å². The van der Waals surface area contributed by atoms with Crippen LogP contribution in [0.1, 0.15) is 84.5 Å². The van der Waals surface area contributed by atoms with Crippen molar-refractivity contribution in [3.05, 3.63) is 0 Å². The standard InChI is InChI=1S/C24H41ClO2P2/c1-16-13-18-15-29(27,20-11-7-4-8-12-20)23(16)21-22(25)17(2)14-28(26,24(18)21)19-9-5-3-6-10-19/h16-24H,3-15H2,1-2H3/t16?,17?,18-,21+,22?,23-,24-,28?,29?/m0/s1. The van der Waals surface area contributed by atoms with Gasteiger partial charge in [-0.3, -0.25) is 0 Å². The molecule has 6 fully saturated rings. The van der Waals surface area contributed by atoms with Gasteiger partial charge < -0.3 is 9.13 Å². The van der Waals surface area contributed by atoms with Crippen molar-refractivity contribution in [2.75, 3.05) is 12.3 Å². The van der Waals surface area contributed by atoms with E-state index in [1.165, 1.54) is 64.2 Å². The molecule has 3 heterocycles. The van der Waals surface area contributed by atoms with Crippen molar-refractivity contribution in [1.29, 1.82) is 0 Å². The predicted octanol–water partition coefficient (Wildman–Crippen LogP) is 7.66. The first kappa shape index (κ1) is 21.6. The fraction of sp³-hybridized carbons (Fsp3) is 1.00. The Morgan fingerprint density at radius 2 is 1.21 bits per heavy atom. The molecule has 3 saturated heterocycles. The average molecular weight is 459 g/mol. The molecular formula is C24H41ClO2P2. The maximum Gasteiger partial charge on any atom is 0.0945 e. The van der Waals surface area contributed by atoms with Gasteiger partial charge in [-0.25, -0.2) is 0 Å². The molecule has 3 aliphatic heterocycles. The molecule has 166 valence electrons. The van der Waals surface area contributed by atoms with Crippen LogP contribution in [0, 0.1) is 23.7 Å². The molecule has 6 rings (SSSR count). The van der Waals surface area contributed by atoms with Crippen molar-refractivity contribution < 1.29 is 9.13 Å². The van der Waals surface area contributed by atoms with Crippen molar-refractivity contribution in [3.63, 3.8) is 0 Å². The number of hydrogen-bond acceptors (Lipinski definition) is 2. The smallest absolute Gasteiger partial charge is 0.0945 e. The van der Waals surface area contributed by atoms with Gasteiger partial charge in [0.15, 0.2) is 0 Å². The van der Waals surface area contributed by atoms with E-state index in [2.05, 4.69) is 13.8 Å². The fourth-order valence-electron chi connectivity index (χ4n) is 8.94. The largest absolute Gasteiger partial charge is 0.323 e. The zero-order valence-corrected chi connectivity index (χ0v) is 21.0. The molecule has 29 heavy (non-hydrogen) atoms. The summed E-state index contributed by atoms with van der Waals surface area (Å²) in [6.07, 6.45) is 15.3. The maximum atomic E-state index is 14.8. The molecule has 2 bridgehead atoms. The summed E-state index contributed by atoms with van der Waals surface area (Å²) in [5.74, 6) is 1.52. The van der Waals surface area contributed by atoms with Gasteiger partial charge in [0.05, 0.1) is 14.3 Å². The Morgan fingerprint density at radius 1 is 0.690 bits per heavy atom. The molecule has 2 nitrogen and oxygen atoms in total.